The van der Waals surface area contributed by atoms with Crippen LogP contribution in [0.15, 0.2) is 58.5 Å². The summed E-state index contributed by atoms with van der Waals surface area (Å²) >= 11 is 1.81. The van der Waals surface area contributed by atoms with Gasteiger partial charge < -0.3 is 13.4 Å². The Bertz CT molecular complexity index is 1600. The van der Waals surface area contributed by atoms with Gasteiger partial charge in [-0.25, -0.2) is 0 Å². The summed E-state index contributed by atoms with van der Waals surface area (Å²) in [4.78, 5) is 0. The van der Waals surface area contributed by atoms with Crippen LogP contribution in [0.2, 0.25) is 0 Å². The summed E-state index contributed by atoms with van der Waals surface area (Å²) in [6, 6.07) is 15.4. The molecule has 3 nitrogen and oxygen atoms in total. The third-order valence-electron chi connectivity index (χ3n) is 5.65. The molecule has 0 N–H and O–H groups in total. The Morgan fingerprint density at radius 1 is 0.840 bits per heavy atom. The molecule has 0 saturated heterocycles. The van der Waals surface area contributed by atoms with Gasteiger partial charge in [0.15, 0.2) is 5.58 Å². The Morgan fingerprint density at radius 2 is 1.76 bits per heavy atom. The highest BCUT2D eigenvalue weighted by atomic mass is 32.1. The summed E-state index contributed by atoms with van der Waals surface area (Å²) in [5, 5.41) is 7.32. The smallest absolute Gasteiger partial charge is 0.158 e. The van der Waals surface area contributed by atoms with Gasteiger partial charge in [0, 0.05) is 40.2 Å². The van der Waals surface area contributed by atoms with Crippen molar-refractivity contribution < 1.29 is 4.42 Å². The van der Waals surface area contributed by atoms with Gasteiger partial charge in [-0.2, -0.15) is 0 Å². The minimum Gasteiger partial charge on any atom is -0.462 e. The van der Waals surface area contributed by atoms with E-state index >= 15 is 0 Å². The van der Waals surface area contributed by atoms with Crippen molar-refractivity contribution in [2.24, 2.45) is 7.05 Å². The Labute approximate surface area is 145 Å². The quantitative estimate of drug-likeness (QED) is 0.325. The van der Waals surface area contributed by atoms with Gasteiger partial charge in [0.1, 0.15) is 0 Å². The molecule has 7 rings (SSSR count). The van der Waals surface area contributed by atoms with E-state index in [0.29, 0.717) is 0 Å². The molecule has 0 aliphatic carbocycles. The van der Waals surface area contributed by atoms with E-state index in [1.54, 1.807) is 0 Å². The number of hydrogen-bond donors (Lipinski definition) is 0. The maximum absolute atomic E-state index is 6.00. The lowest BCUT2D eigenvalue weighted by Crippen LogP contribution is -1.87. The number of thiophene rings is 1. The predicted molar refractivity (Wildman–Crippen MR) is 105 cm³/mol. The van der Waals surface area contributed by atoms with E-state index < -0.39 is 0 Å². The van der Waals surface area contributed by atoms with E-state index in [0.717, 1.165) is 11.1 Å². The lowest BCUT2D eigenvalue weighted by molar-refractivity contribution is 0.619. The number of aromatic nitrogens is 2. The van der Waals surface area contributed by atoms with Crippen molar-refractivity contribution in [2.45, 2.75) is 0 Å². The molecule has 0 unspecified atom stereocenters. The van der Waals surface area contributed by atoms with Crippen LogP contribution in [0.1, 0.15) is 0 Å². The summed E-state index contributed by atoms with van der Waals surface area (Å²) in [7, 11) is 2.15. The maximum Gasteiger partial charge on any atom is 0.158 e. The van der Waals surface area contributed by atoms with Crippen molar-refractivity contribution in [1.29, 1.82) is 0 Å². The molecule has 0 aliphatic rings. The molecule has 0 bridgehead atoms. The van der Waals surface area contributed by atoms with Crippen LogP contribution in [0.5, 0.6) is 0 Å². The number of hydrogen-bond acceptors (Lipinski definition) is 2. The van der Waals surface area contributed by atoms with E-state index in [1.165, 1.54) is 48.3 Å². The first-order valence-corrected chi connectivity index (χ1v) is 9.22. The first-order valence-electron chi connectivity index (χ1n) is 8.34. The van der Waals surface area contributed by atoms with Crippen molar-refractivity contribution in [1.82, 2.24) is 8.97 Å². The molecule has 0 amide bonds. The second-order valence-electron chi connectivity index (χ2n) is 6.72. The van der Waals surface area contributed by atoms with Gasteiger partial charge in [0.05, 0.1) is 33.0 Å². The largest absolute Gasteiger partial charge is 0.462 e. The molecule has 7 aromatic rings. The maximum atomic E-state index is 6.00. The number of aryl methyl sites for hydroxylation is 1. The first-order chi connectivity index (χ1) is 12.3. The number of furan rings is 1. The molecule has 4 heteroatoms. The van der Waals surface area contributed by atoms with Crippen molar-refractivity contribution in [3.05, 3.63) is 54.1 Å². The van der Waals surface area contributed by atoms with E-state index in [-0.39, 0.29) is 0 Å². The van der Waals surface area contributed by atoms with E-state index in [9.17, 15) is 0 Å². The van der Waals surface area contributed by atoms with Gasteiger partial charge in [0.2, 0.25) is 0 Å². The van der Waals surface area contributed by atoms with Gasteiger partial charge in [-0.05, 0) is 29.6 Å². The van der Waals surface area contributed by atoms with Gasteiger partial charge in [0.25, 0.3) is 0 Å². The minimum absolute atomic E-state index is 0.958. The zero-order valence-electron chi connectivity index (χ0n) is 13.4. The van der Waals surface area contributed by atoms with Crippen LogP contribution in [0, 0.1) is 0 Å². The summed E-state index contributed by atoms with van der Waals surface area (Å²) in [6.07, 6.45) is 1.81. The van der Waals surface area contributed by atoms with Crippen molar-refractivity contribution >= 4 is 70.7 Å². The fourth-order valence-corrected chi connectivity index (χ4v) is 5.56. The highest BCUT2D eigenvalue weighted by molar-refractivity contribution is 7.18. The number of nitrogens with zero attached hydrogens (tertiary/aromatic N) is 2. The number of fused-ring (bicyclic) bond motifs is 6. The highest BCUT2D eigenvalue weighted by Crippen LogP contribution is 2.44. The standard InChI is InChI=1S/C21H12N2OS/c1-22-13-4-2-3-11-17(13)18-14(22)6-5-12-19(18)23(15-7-9-24-20(11)15)16-8-10-25-21(12)16/h2-10H,1H3. The van der Waals surface area contributed by atoms with Gasteiger partial charge in [-0.1, -0.05) is 12.1 Å². The van der Waals surface area contributed by atoms with E-state index in [1.807, 2.05) is 17.6 Å². The molecule has 118 valence electrons. The molecule has 2 aromatic carbocycles. The van der Waals surface area contributed by atoms with Crippen LogP contribution in [0.25, 0.3) is 59.4 Å². The molecule has 0 radical (unpaired) electrons. The SMILES string of the molecule is Cn1c2cccc3c4occc4n4c5ccsc5c5ccc1c(c32)c54. The van der Waals surface area contributed by atoms with Gasteiger partial charge in [-0.3, -0.25) is 0 Å². The molecule has 5 heterocycles. The van der Waals surface area contributed by atoms with Crippen LogP contribution >= 0.6 is 11.3 Å². The van der Waals surface area contributed by atoms with Crippen LogP contribution < -0.4 is 0 Å². The average molecular weight is 340 g/mol. The predicted octanol–water partition coefficient (Wildman–Crippen LogP) is 6.14. The number of rotatable bonds is 0. The fraction of sp³-hybridized carbons (Fsp3) is 0.0476. The van der Waals surface area contributed by atoms with E-state index in [2.05, 4.69) is 63.9 Å². The molecule has 25 heavy (non-hydrogen) atoms. The molecule has 0 spiro atoms. The van der Waals surface area contributed by atoms with Gasteiger partial charge >= 0.3 is 0 Å². The van der Waals surface area contributed by atoms with Crippen LogP contribution in [0.4, 0.5) is 0 Å². The molecule has 0 saturated carbocycles. The van der Waals surface area contributed by atoms with Crippen LogP contribution in [0.3, 0.4) is 0 Å². The molecule has 0 atom stereocenters. The molecule has 0 aliphatic heterocycles. The van der Waals surface area contributed by atoms with Crippen LogP contribution in [-0.2, 0) is 7.05 Å². The van der Waals surface area contributed by atoms with Crippen molar-refractivity contribution in [3.63, 3.8) is 0 Å². The summed E-state index contributed by atoms with van der Waals surface area (Å²) in [5.74, 6) is 0. The first kappa shape index (κ1) is 12.4. The summed E-state index contributed by atoms with van der Waals surface area (Å²) in [6.45, 7) is 0. The third-order valence-corrected chi connectivity index (χ3v) is 6.59. The normalized spacial score (nSPS) is 13.0. The van der Waals surface area contributed by atoms with E-state index in [4.69, 9.17) is 4.42 Å². The molecule has 0 fully saturated rings. The summed E-state index contributed by atoms with van der Waals surface area (Å²) in [5.41, 5.74) is 7.18. The monoisotopic (exact) mass is 340 g/mol. The Hall–Kier alpha value is -2.98. The number of benzene rings is 2. The molecule has 5 aromatic heterocycles. The lowest BCUT2D eigenvalue weighted by Gasteiger charge is -2.00. The molecular weight excluding hydrogens is 328 g/mol. The zero-order valence-corrected chi connectivity index (χ0v) is 14.2. The van der Waals surface area contributed by atoms with Crippen molar-refractivity contribution in [2.75, 3.05) is 0 Å². The zero-order chi connectivity index (χ0) is 16.3. The Morgan fingerprint density at radius 3 is 2.72 bits per heavy atom. The summed E-state index contributed by atoms with van der Waals surface area (Å²) < 4.78 is 12.0. The second-order valence-corrected chi connectivity index (χ2v) is 7.64. The Balaban J connectivity index is 2.10. The fourth-order valence-electron chi connectivity index (χ4n) is 4.65. The van der Waals surface area contributed by atoms with Crippen molar-refractivity contribution in [3.8, 4) is 0 Å². The lowest BCUT2D eigenvalue weighted by atomic mass is 10.1. The second kappa shape index (κ2) is 3.81. The van der Waals surface area contributed by atoms with Gasteiger partial charge in [-0.15, -0.1) is 11.3 Å². The molecular formula is C21H12N2OS. The Kier molecular flexibility index (Phi) is 1.89. The topological polar surface area (TPSA) is 22.5 Å². The highest BCUT2D eigenvalue weighted by Gasteiger charge is 2.22. The minimum atomic E-state index is 0.958. The third kappa shape index (κ3) is 1.19. The van der Waals surface area contributed by atoms with Crippen LogP contribution in [-0.4, -0.2) is 8.97 Å². The average Bonchev–Trinajstić information content (AvgIpc) is 3.36.